The number of aromatic hydroxyl groups is 1. The van der Waals surface area contributed by atoms with Crippen LogP contribution in [0.2, 0.25) is 0 Å². The highest BCUT2D eigenvalue weighted by Gasteiger charge is 2.29. The fraction of sp³-hybridized carbons (Fsp3) is 0.222. The smallest absolute Gasteiger partial charge is 0.338 e. The molecule has 0 aromatic heterocycles. The maximum atomic E-state index is 12.5. The minimum absolute atomic E-state index is 0.0688. The van der Waals surface area contributed by atoms with Crippen molar-refractivity contribution in [3.8, 4) is 5.75 Å². The average molecular weight is 311 g/mol. The number of carbonyl (C=O) groups is 2. The second-order valence-corrected chi connectivity index (χ2v) is 5.46. The van der Waals surface area contributed by atoms with E-state index in [-0.39, 0.29) is 11.7 Å². The van der Waals surface area contributed by atoms with Gasteiger partial charge in [-0.25, -0.2) is 4.79 Å². The molecule has 0 saturated heterocycles. The number of rotatable bonds is 3. The van der Waals surface area contributed by atoms with E-state index in [1.165, 1.54) is 24.3 Å². The number of amides is 1. The van der Waals surface area contributed by atoms with E-state index in [1.807, 2.05) is 24.3 Å². The maximum absolute atomic E-state index is 12.5. The summed E-state index contributed by atoms with van der Waals surface area (Å²) in [7, 11) is 0. The fourth-order valence-corrected chi connectivity index (χ4v) is 2.66. The number of fused-ring (bicyclic) bond motifs is 1. The van der Waals surface area contributed by atoms with Gasteiger partial charge in [0.15, 0.2) is 6.10 Å². The molecule has 0 unspecified atom stereocenters. The number of phenolic OH excluding ortho intramolecular Hbond substituents is 1. The summed E-state index contributed by atoms with van der Waals surface area (Å²) in [6.45, 7) is 2.17. The van der Waals surface area contributed by atoms with Crippen molar-refractivity contribution in [3.63, 3.8) is 0 Å². The topological polar surface area (TPSA) is 66.8 Å². The second kappa shape index (κ2) is 6.12. The molecule has 5 heteroatoms. The number of ether oxygens (including phenoxy) is 1. The van der Waals surface area contributed by atoms with E-state index in [0.717, 1.165) is 17.7 Å². The SMILES string of the molecule is C[C@@H](OC(=O)c1ccc(O)cc1)C(=O)N1CCc2ccccc21. The molecule has 1 atom stereocenters. The van der Waals surface area contributed by atoms with Crippen LogP contribution < -0.4 is 4.90 Å². The van der Waals surface area contributed by atoms with Gasteiger partial charge in [0, 0.05) is 12.2 Å². The zero-order valence-electron chi connectivity index (χ0n) is 12.7. The lowest BCUT2D eigenvalue weighted by atomic mass is 10.2. The van der Waals surface area contributed by atoms with Crippen LogP contribution in [0.5, 0.6) is 5.75 Å². The van der Waals surface area contributed by atoms with E-state index in [9.17, 15) is 14.7 Å². The first-order chi connectivity index (χ1) is 11.1. The highest BCUT2D eigenvalue weighted by molar-refractivity contribution is 6.00. The van der Waals surface area contributed by atoms with Gasteiger partial charge < -0.3 is 14.7 Å². The van der Waals surface area contributed by atoms with Gasteiger partial charge in [-0.2, -0.15) is 0 Å². The van der Waals surface area contributed by atoms with E-state index in [1.54, 1.807) is 11.8 Å². The zero-order chi connectivity index (χ0) is 16.4. The molecule has 3 rings (SSSR count). The Balaban J connectivity index is 1.69. The van der Waals surface area contributed by atoms with Crippen LogP contribution in [0.15, 0.2) is 48.5 Å². The summed E-state index contributed by atoms with van der Waals surface area (Å²) in [5.41, 5.74) is 2.30. The Kier molecular flexibility index (Phi) is 4.02. The van der Waals surface area contributed by atoms with Gasteiger partial charge in [-0.15, -0.1) is 0 Å². The van der Waals surface area contributed by atoms with Gasteiger partial charge in [0.1, 0.15) is 5.75 Å². The van der Waals surface area contributed by atoms with E-state index >= 15 is 0 Å². The summed E-state index contributed by atoms with van der Waals surface area (Å²) in [6, 6.07) is 13.4. The number of esters is 1. The molecule has 0 aliphatic carbocycles. The molecule has 1 aliphatic rings. The zero-order valence-corrected chi connectivity index (χ0v) is 12.7. The Morgan fingerprint density at radius 1 is 1.13 bits per heavy atom. The molecule has 2 aromatic carbocycles. The van der Waals surface area contributed by atoms with Crippen LogP contribution >= 0.6 is 0 Å². The Morgan fingerprint density at radius 3 is 2.57 bits per heavy atom. The number of benzene rings is 2. The first kappa shape index (κ1) is 15.1. The minimum Gasteiger partial charge on any atom is -0.508 e. The Labute approximate surface area is 134 Å². The van der Waals surface area contributed by atoms with Gasteiger partial charge in [0.05, 0.1) is 5.56 Å². The molecule has 1 aliphatic heterocycles. The minimum atomic E-state index is -0.873. The van der Waals surface area contributed by atoms with Crippen LogP contribution in [0.25, 0.3) is 0 Å². The van der Waals surface area contributed by atoms with Crippen LogP contribution in [0.4, 0.5) is 5.69 Å². The number of carbonyl (C=O) groups excluding carboxylic acids is 2. The standard InChI is InChI=1S/C18H17NO4/c1-12(23-18(22)14-6-8-15(20)9-7-14)17(21)19-11-10-13-4-2-3-5-16(13)19/h2-9,12,20H,10-11H2,1H3/t12-/m1/s1. The number of nitrogens with zero attached hydrogens (tertiary/aromatic N) is 1. The van der Waals surface area contributed by atoms with Crippen molar-refractivity contribution in [2.24, 2.45) is 0 Å². The third-order valence-electron chi connectivity index (χ3n) is 3.89. The summed E-state index contributed by atoms with van der Waals surface area (Å²) in [6.07, 6.45) is -0.0666. The Morgan fingerprint density at radius 2 is 1.83 bits per heavy atom. The van der Waals surface area contributed by atoms with E-state index in [4.69, 9.17) is 4.74 Å². The number of anilines is 1. The number of phenols is 1. The molecule has 1 N–H and O–H groups in total. The molecule has 0 bridgehead atoms. The highest BCUT2D eigenvalue weighted by atomic mass is 16.5. The maximum Gasteiger partial charge on any atom is 0.338 e. The highest BCUT2D eigenvalue weighted by Crippen LogP contribution is 2.28. The van der Waals surface area contributed by atoms with Gasteiger partial charge >= 0.3 is 5.97 Å². The largest absolute Gasteiger partial charge is 0.508 e. The number of para-hydroxylation sites is 1. The van der Waals surface area contributed by atoms with Gasteiger partial charge in [0.2, 0.25) is 0 Å². The Hall–Kier alpha value is -2.82. The predicted octanol–water partition coefficient (Wildman–Crippen LogP) is 2.53. The lowest BCUT2D eigenvalue weighted by Crippen LogP contribution is -2.39. The molecule has 5 nitrogen and oxygen atoms in total. The average Bonchev–Trinajstić information content (AvgIpc) is 2.98. The van der Waals surface area contributed by atoms with Crippen LogP contribution in [-0.2, 0) is 16.0 Å². The molecule has 23 heavy (non-hydrogen) atoms. The molecule has 1 amide bonds. The molecule has 2 aromatic rings. The molecule has 118 valence electrons. The van der Waals surface area contributed by atoms with Crippen molar-refractivity contribution in [1.29, 1.82) is 0 Å². The second-order valence-electron chi connectivity index (χ2n) is 5.46. The van der Waals surface area contributed by atoms with E-state index < -0.39 is 12.1 Å². The first-order valence-corrected chi connectivity index (χ1v) is 7.45. The van der Waals surface area contributed by atoms with E-state index in [2.05, 4.69) is 0 Å². The van der Waals surface area contributed by atoms with Crippen molar-refractivity contribution in [1.82, 2.24) is 0 Å². The van der Waals surface area contributed by atoms with Gasteiger partial charge in [-0.05, 0) is 49.2 Å². The first-order valence-electron chi connectivity index (χ1n) is 7.45. The van der Waals surface area contributed by atoms with Crippen LogP contribution in [0.3, 0.4) is 0 Å². The van der Waals surface area contributed by atoms with E-state index in [0.29, 0.717) is 12.1 Å². The van der Waals surface area contributed by atoms with Gasteiger partial charge in [0.25, 0.3) is 5.91 Å². The van der Waals surface area contributed by atoms with Crippen molar-refractivity contribution >= 4 is 17.6 Å². The normalized spacial score (nSPS) is 14.2. The third kappa shape index (κ3) is 3.04. The molecular formula is C18H17NO4. The van der Waals surface area contributed by atoms with Crippen molar-refractivity contribution in [2.45, 2.75) is 19.4 Å². The molecule has 0 spiro atoms. The van der Waals surface area contributed by atoms with Gasteiger partial charge in [-0.3, -0.25) is 4.79 Å². The lowest BCUT2D eigenvalue weighted by molar-refractivity contribution is -0.126. The summed E-state index contributed by atoms with van der Waals surface area (Å²) >= 11 is 0. The predicted molar refractivity (Wildman–Crippen MR) is 85.5 cm³/mol. The summed E-state index contributed by atoms with van der Waals surface area (Å²) in [5.74, 6) is -0.750. The third-order valence-corrected chi connectivity index (χ3v) is 3.89. The van der Waals surface area contributed by atoms with Gasteiger partial charge in [-0.1, -0.05) is 18.2 Å². The van der Waals surface area contributed by atoms with Crippen LogP contribution in [-0.4, -0.2) is 29.6 Å². The van der Waals surface area contributed by atoms with Crippen molar-refractivity contribution in [3.05, 3.63) is 59.7 Å². The summed E-state index contributed by atoms with van der Waals surface area (Å²) < 4.78 is 5.25. The summed E-state index contributed by atoms with van der Waals surface area (Å²) in [4.78, 5) is 26.3. The molecule has 0 saturated carbocycles. The monoisotopic (exact) mass is 311 g/mol. The molecule has 1 heterocycles. The number of hydrogen-bond acceptors (Lipinski definition) is 4. The van der Waals surface area contributed by atoms with Crippen molar-refractivity contribution < 1.29 is 19.4 Å². The Bertz CT molecular complexity index is 739. The summed E-state index contributed by atoms with van der Waals surface area (Å²) in [5, 5.41) is 9.23. The lowest BCUT2D eigenvalue weighted by Gasteiger charge is -2.21. The van der Waals surface area contributed by atoms with Crippen molar-refractivity contribution in [2.75, 3.05) is 11.4 Å². The molecule has 0 fully saturated rings. The molecule has 0 radical (unpaired) electrons. The van der Waals surface area contributed by atoms with Crippen LogP contribution in [0.1, 0.15) is 22.8 Å². The number of hydrogen-bond donors (Lipinski definition) is 1. The quantitative estimate of drug-likeness (QED) is 0.885. The van der Waals surface area contributed by atoms with Crippen LogP contribution in [0, 0.1) is 0 Å². The fourth-order valence-electron chi connectivity index (χ4n) is 2.66. The molecular weight excluding hydrogens is 294 g/mol.